The van der Waals surface area contributed by atoms with Gasteiger partial charge in [-0.2, -0.15) is 0 Å². The zero-order valence-corrected chi connectivity index (χ0v) is 13.8. The van der Waals surface area contributed by atoms with E-state index in [-0.39, 0.29) is 11.6 Å². The largest absolute Gasteiger partial charge is 0.369 e. The zero-order chi connectivity index (χ0) is 17.3. The molecule has 3 rings (SSSR count). The highest BCUT2D eigenvalue weighted by atomic mass is 32.1. The van der Waals surface area contributed by atoms with E-state index in [2.05, 4.69) is 16.8 Å². The minimum absolute atomic E-state index is 0.223. The molecule has 0 aliphatic carbocycles. The van der Waals surface area contributed by atoms with E-state index < -0.39 is 11.5 Å². The number of aromatic nitrogens is 1. The molecule has 3 N–H and O–H groups in total. The number of nitrogens with two attached hydrogens (primary N) is 1. The Bertz CT molecular complexity index is 880. The van der Waals surface area contributed by atoms with Gasteiger partial charge in [-0.15, -0.1) is 11.3 Å². The summed E-state index contributed by atoms with van der Waals surface area (Å²) >= 11 is 1.31. The molecule has 0 spiro atoms. The Kier molecular flexibility index (Phi) is 4.09. The van der Waals surface area contributed by atoms with Crippen molar-refractivity contribution in [2.24, 2.45) is 5.73 Å². The summed E-state index contributed by atoms with van der Waals surface area (Å²) in [4.78, 5) is 28.7. The Morgan fingerprint density at radius 2 is 2.29 bits per heavy atom. The second kappa shape index (κ2) is 6.07. The van der Waals surface area contributed by atoms with Crippen LogP contribution in [0.3, 0.4) is 0 Å². The number of amides is 2. The van der Waals surface area contributed by atoms with Crippen LogP contribution in [0, 0.1) is 11.8 Å². The van der Waals surface area contributed by atoms with Crippen LogP contribution >= 0.6 is 11.3 Å². The molecule has 1 saturated heterocycles. The standard InChI is InChI=1S/C17H15N3O3S/c1-20-8-7-17(23,16(20)22)6-5-11-3-2-4-12(9-11)15-19-13(10-24-15)14(18)21/h2-4,9-10,23H,7-8H2,1H3,(H2,18,21)/t17-/m0/s1. The molecule has 6 nitrogen and oxygen atoms in total. The van der Waals surface area contributed by atoms with Crippen molar-refractivity contribution in [3.05, 3.63) is 40.9 Å². The third-order valence-corrected chi connectivity index (χ3v) is 4.68. The summed E-state index contributed by atoms with van der Waals surface area (Å²) in [6.07, 6.45) is 0.295. The van der Waals surface area contributed by atoms with Crippen molar-refractivity contribution in [2.45, 2.75) is 12.0 Å². The monoisotopic (exact) mass is 341 g/mol. The lowest BCUT2D eigenvalue weighted by Crippen LogP contribution is -2.37. The maximum atomic E-state index is 11.9. The van der Waals surface area contributed by atoms with E-state index in [1.165, 1.54) is 16.2 Å². The number of aliphatic hydroxyl groups is 1. The predicted octanol–water partition coefficient (Wildman–Crippen LogP) is 0.854. The number of nitrogens with zero attached hydrogens (tertiary/aromatic N) is 2. The number of likely N-dealkylation sites (N-methyl/N-ethyl adjacent to an activating group) is 1. The maximum Gasteiger partial charge on any atom is 0.268 e. The molecule has 0 saturated carbocycles. The highest BCUT2D eigenvalue weighted by Gasteiger charge is 2.42. The molecule has 2 heterocycles. The van der Waals surface area contributed by atoms with E-state index in [1.54, 1.807) is 30.6 Å². The zero-order valence-electron chi connectivity index (χ0n) is 12.9. The maximum absolute atomic E-state index is 11.9. The Hall–Kier alpha value is -2.69. The number of primary amides is 1. The van der Waals surface area contributed by atoms with E-state index in [4.69, 9.17) is 5.73 Å². The molecule has 1 aromatic carbocycles. The summed E-state index contributed by atoms with van der Waals surface area (Å²) in [6.45, 7) is 0.485. The molecule has 7 heteroatoms. The van der Waals surface area contributed by atoms with Gasteiger partial charge in [0.1, 0.15) is 10.7 Å². The van der Waals surface area contributed by atoms with Gasteiger partial charge in [-0.1, -0.05) is 24.0 Å². The second-order valence-electron chi connectivity index (χ2n) is 5.57. The number of likely N-dealkylation sites (tertiary alicyclic amines) is 1. The number of hydrogen-bond donors (Lipinski definition) is 2. The number of carbonyl (C=O) groups excluding carboxylic acids is 2. The molecule has 2 amide bonds. The Morgan fingerprint density at radius 1 is 1.50 bits per heavy atom. The molecule has 1 aliphatic rings. The molecular formula is C17H15N3O3S. The summed E-state index contributed by atoms with van der Waals surface area (Å²) < 4.78 is 0. The van der Waals surface area contributed by atoms with Crippen LogP contribution in [0.4, 0.5) is 0 Å². The van der Waals surface area contributed by atoms with Gasteiger partial charge in [-0.25, -0.2) is 4.98 Å². The number of thiazole rings is 1. The molecule has 1 aromatic heterocycles. The van der Waals surface area contributed by atoms with E-state index in [0.29, 0.717) is 23.5 Å². The summed E-state index contributed by atoms with van der Waals surface area (Å²) in [5.74, 6) is 4.59. The van der Waals surface area contributed by atoms with Crippen molar-refractivity contribution in [2.75, 3.05) is 13.6 Å². The van der Waals surface area contributed by atoms with Crippen molar-refractivity contribution in [1.29, 1.82) is 0 Å². The lowest BCUT2D eigenvalue weighted by atomic mass is 10.0. The summed E-state index contributed by atoms with van der Waals surface area (Å²) in [6, 6.07) is 7.23. The van der Waals surface area contributed by atoms with Crippen molar-refractivity contribution in [1.82, 2.24) is 9.88 Å². The van der Waals surface area contributed by atoms with E-state index in [0.717, 1.165) is 5.56 Å². The normalized spacial score (nSPS) is 19.9. The third kappa shape index (κ3) is 3.02. The molecule has 0 bridgehead atoms. The highest BCUT2D eigenvalue weighted by molar-refractivity contribution is 7.13. The van der Waals surface area contributed by atoms with E-state index in [1.807, 2.05) is 6.07 Å². The van der Waals surface area contributed by atoms with Gasteiger partial charge < -0.3 is 15.7 Å². The average Bonchev–Trinajstić information content (AvgIpc) is 3.16. The molecule has 0 radical (unpaired) electrons. The predicted molar refractivity (Wildman–Crippen MR) is 90.1 cm³/mol. The van der Waals surface area contributed by atoms with Crippen LogP contribution in [-0.4, -0.2) is 46.0 Å². The Morgan fingerprint density at radius 3 is 2.92 bits per heavy atom. The number of carbonyl (C=O) groups is 2. The second-order valence-corrected chi connectivity index (χ2v) is 6.43. The molecule has 122 valence electrons. The minimum Gasteiger partial charge on any atom is -0.369 e. The SMILES string of the molecule is CN1CC[C@@](O)(C#Cc2cccc(-c3nc(C(N)=O)cs3)c2)C1=O. The third-order valence-electron chi connectivity index (χ3n) is 3.79. The van der Waals surface area contributed by atoms with Crippen molar-refractivity contribution in [3.63, 3.8) is 0 Å². The van der Waals surface area contributed by atoms with Crippen LogP contribution in [0.5, 0.6) is 0 Å². The first-order valence-corrected chi connectivity index (χ1v) is 8.14. The lowest BCUT2D eigenvalue weighted by Gasteiger charge is -2.13. The fourth-order valence-electron chi connectivity index (χ4n) is 2.39. The topological polar surface area (TPSA) is 96.5 Å². The van der Waals surface area contributed by atoms with Crippen LogP contribution in [0.2, 0.25) is 0 Å². The Balaban J connectivity index is 1.88. The van der Waals surface area contributed by atoms with Crippen molar-refractivity contribution < 1.29 is 14.7 Å². The molecule has 2 aromatic rings. The van der Waals surface area contributed by atoms with E-state index in [9.17, 15) is 14.7 Å². The van der Waals surface area contributed by atoms with Gasteiger partial charge in [0.05, 0.1) is 0 Å². The Labute approximate surface area is 142 Å². The fourth-order valence-corrected chi connectivity index (χ4v) is 3.20. The molecular weight excluding hydrogens is 326 g/mol. The molecule has 24 heavy (non-hydrogen) atoms. The van der Waals surface area contributed by atoms with Crippen LogP contribution < -0.4 is 5.73 Å². The van der Waals surface area contributed by atoms with Gasteiger partial charge in [0, 0.05) is 36.5 Å². The van der Waals surface area contributed by atoms with Gasteiger partial charge >= 0.3 is 0 Å². The number of rotatable bonds is 2. The summed E-state index contributed by atoms with van der Waals surface area (Å²) in [5.41, 5.74) is 5.26. The summed E-state index contributed by atoms with van der Waals surface area (Å²) in [7, 11) is 1.64. The van der Waals surface area contributed by atoms with Crippen molar-refractivity contribution >= 4 is 23.2 Å². The first-order chi connectivity index (χ1) is 11.4. The van der Waals surface area contributed by atoms with E-state index >= 15 is 0 Å². The van der Waals surface area contributed by atoms with Crippen LogP contribution in [0.25, 0.3) is 10.6 Å². The molecule has 1 atom stereocenters. The van der Waals surface area contributed by atoms with Crippen LogP contribution in [-0.2, 0) is 4.79 Å². The summed E-state index contributed by atoms with van der Waals surface area (Å²) in [5, 5.41) is 12.6. The van der Waals surface area contributed by atoms with Crippen molar-refractivity contribution in [3.8, 4) is 22.4 Å². The smallest absolute Gasteiger partial charge is 0.268 e. The van der Waals surface area contributed by atoms with Gasteiger partial charge in [-0.3, -0.25) is 9.59 Å². The van der Waals surface area contributed by atoms with Gasteiger partial charge in [-0.05, 0) is 12.1 Å². The van der Waals surface area contributed by atoms with Crippen LogP contribution in [0.1, 0.15) is 22.5 Å². The first-order valence-electron chi connectivity index (χ1n) is 7.26. The van der Waals surface area contributed by atoms with Gasteiger partial charge in [0.15, 0.2) is 0 Å². The molecule has 1 fully saturated rings. The minimum atomic E-state index is -1.62. The number of hydrogen-bond acceptors (Lipinski definition) is 5. The lowest BCUT2D eigenvalue weighted by molar-refractivity contribution is -0.137. The highest BCUT2D eigenvalue weighted by Crippen LogP contribution is 2.25. The van der Waals surface area contributed by atoms with Gasteiger partial charge in [0.25, 0.3) is 11.8 Å². The quantitative estimate of drug-likeness (QED) is 0.792. The average molecular weight is 341 g/mol. The fraction of sp³-hybridized carbons (Fsp3) is 0.235. The molecule has 1 aliphatic heterocycles. The number of benzene rings is 1. The first kappa shape index (κ1) is 16.2. The molecule has 0 unspecified atom stereocenters. The van der Waals surface area contributed by atoms with Gasteiger partial charge in [0.2, 0.25) is 5.60 Å². The van der Waals surface area contributed by atoms with Crippen LogP contribution in [0.15, 0.2) is 29.6 Å².